The number of rotatable bonds is 4. The number of carbonyl (C=O) groups is 1. The molecule has 17 heavy (non-hydrogen) atoms. The molecule has 0 bridgehead atoms. The fourth-order valence-corrected chi connectivity index (χ4v) is 1.21. The van der Waals surface area contributed by atoms with Crippen LogP contribution in [0.5, 0.6) is 0 Å². The Morgan fingerprint density at radius 1 is 1.29 bits per heavy atom. The largest absolute Gasteiger partial charge is 0.425 e. The van der Waals surface area contributed by atoms with Crippen LogP contribution in [0.4, 0.5) is 13.2 Å². The first-order valence-electron chi connectivity index (χ1n) is 4.72. The van der Waals surface area contributed by atoms with Gasteiger partial charge in [-0.1, -0.05) is 30.3 Å². The van der Waals surface area contributed by atoms with Gasteiger partial charge < -0.3 is 4.74 Å². The summed E-state index contributed by atoms with van der Waals surface area (Å²) in [6.45, 7) is 0.278. The van der Waals surface area contributed by atoms with Gasteiger partial charge in [0.05, 0.1) is 6.61 Å². The maximum absolute atomic E-state index is 12.6. The van der Waals surface area contributed by atoms with Crippen LogP contribution in [0, 0.1) is 0 Å². The van der Waals surface area contributed by atoms with Crippen LogP contribution in [0.15, 0.2) is 30.3 Å². The highest BCUT2D eigenvalue weighted by Crippen LogP contribution is 2.35. The molecular formula is C11H10ClF3O2. The van der Waals surface area contributed by atoms with E-state index in [0.717, 1.165) is 0 Å². The Balaban J connectivity index is 2.80. The zero-order chi connectivity index (χ0) is 13.1. The monoisotopic (exact) mass is 266 g/mol. The van der Waals surface area contributed by atoms with Crippen molar-refractivity contribution in [2.45, 2.75) is 25.3 Å². The van der Waals surface area contributed by atoms with Crippen LogP contribution in [-0.2, 0) is 16.1 Å². The summed E-state index contributed by atoms with van der Waals surface area (Å²) in [6, 6.07) is 8.22. The van der Waals surface area contributed by atoms with E-state index in [-0.39, 0.29) is 6.61 Å². The summed E-state index contributed by atoms with van der Waals surface area (Å²) >= 11 is 4.95. The highest BCUT2D eigenvalue weighted by Gasteiger charge is 2.57. The van der Waals surface area contributed by atoms with Gasteiger partial charge in [0.1, 0.15) is 0 Å². The highest BCUT2D eigenvalue weighted by molar-refractivity contribution is 6.65. The van der Waals surface area contributed by atoms with E-state index in [1.165, 1.54) is 0 Å². The Bertz CT molecular complexity index is 391. The number of hydrogen-bond acceptors (Lipinski definition) is 2. The van der Waals surface area contributed by atoms with Crippen molar-refractivity contribution >= 4 is 16.8 Å². The number of hydrogen-bond donors (Lipinski definition) is 0. The molecule has 0 aliphatic heterocycles. The molecule has 0 N–H and O–H groups in total. The lowest BCUT2D eigenvalue weighted by molar-refractivity contribution is -0.259. The average Bonchev–Trinajstić information content (AvgIpc) is 2.25. The van der Waals surface area contributed by atoms with Gasteiger partial charge in [-0.25, -0.2) is 0 Å². The zero-order valence-electron chi connectivity index (χ0n) is 8.92. The molecule has 0 fully saturated rings. The lowest BCUT2D eigenvalue weighted by Crippen LogP contribution is -2.49. The molecule has 6 heteroatoms. The third kappa shape index (κ3) is 3.20. The van der Waals surface area contributed by atoms with Crippen LogP contribution in [-0.4, -0.2) is 17.0 Å². The molecule has 1 rings (SSSR count). The first-order valence-corrected chi connectivity index (χ1v) is 5.10. The average molecular weight is 267 g/mol. The van der Waals surface area contributed by atoms with Crippen LogP contribution in [0.3, 0.4) is 0 Å². The van der Waals surface area contributed by atoms with Gasteiger partial charge in [0.15, 0.2) is 0 Å². The van der Waals surface area contributed by atoms with Crippen molar-refractivity contribution in [3.05, 3.63) is 35.9 Å². The minimum atomic E-state index is -4.85. The summed E-state index contributed by atoms with van der Waals surface area (Å²) in [7, 11) is 0. The van der Waals surface area contributed by atoms with Gasteiger partial charge in [-0.3, -0.25) is 4.79 Å². The summed E-state index contributed by atoms with van der Waals surface area (Å²) in [5.74, 6) is 0. The molecule has 0 aromatic heterocycles. The van der Waals surface area contributed by atoms with Crippen molar-refractivity contribution in [1.82, 2.24) is 0 Å². The lowest BCUT2D eigenvalue weighted by Gasteiger charge is -2.28. The van der Waals surface area contributed by atoms with Gasteiger partial charge in [-0.15, -0.1) is 0 Å². The Morgan fingerprint density at radius 3 is 2.24 bits per heavy atom. The van der Waals surface area contributed by atoms with E-state index in [0.29, 0.717) is 12.5 Å². The first kappa shape index (κ1) is 14.0. The number of benzene rings is 1. The molecular weight excluding hydrogens is 257 g/mol. The van der Waals surface area contributed by atoms with Crippen molar-refractivity contribution in [2.24, 2.45) is 0 Å². The van der Waals surface area contributed by atoms with Crippen LogP contribution < -0.4 is 0 Å². The van der Waals surface area contributed by atoms with Crippen molar-refractivity contribution in [1.29, 1.82) is 0 Å². The molecule has 0 spiro atoms. The molecule has 0 saturated carbocycles. The first-order chi connectivity index (χ1) is 7.77. The summed E-state index contributed by atoms with van der Waals surface area (Å²) in [6.07, 6.45) is -4.85. The minimum absolute atomic E-state index is 0.338. The molecule has 0 aliphatic carbocycles. The summed E-state index contributed by atoms with van der Waals surface area (Å²) in [5.41, 5.74) is -2.45. The van der Waals surface area contributed by atoms with E-state index in [1.807, 2.05) is 0 Å². The molecule has 0 amide bonds. The zero-order valence-corrected chi connectivity index (χ0v) is 9.68. The molecule has 0 heterocycles. The Hall–Kier alpha value is -1.07. The van der Waals surface area contributed by atoms with Crippen LogP contribution in [0.2, 0.25) is 0 Å². The maximum Gasteiger partial charge on any atom is 0.425 e. The van der Waals surface area contributed by atoms with Crippen molar-refractivity contribution < 1.29 is 22.7 Å². The number of halogens is 4. The van der Waals surface area contributed by atoms with E-state index in [2.05, 4.69) is 4.74 Å². The summed E-state index contributed by atoms with van der Waals surface area (Å²) in [5, 5.41) is -1.58. The SMILES string of the molecule is CC(OCc1ccccc1)(C(=O)Cl)C(F)(F)F. The number of carbonyl (C=O) groups excluding carboxylic acids is 1. The Labute approximate surface area is 101 Å². The van der Waals surface area contributed by atoms with Gasteiger partial charge >= 0.3 is 6.18 Å². The van der Waals surface area contributed by atoms with Gasteiger partial charge in [0.2, 0.25) is 5.60 Å². The van der Waals surface area contributed by atoms with Crippen molar-refractivity contribution in [3.63, 3.8) is 0 Å². The van der Waals surface area contributed by atoms with Gasteiger partial charge in [0, 0.05) is 0 Å². The van der Waals surface area contributed by atoms with E-state index < -0.39 is 17.0 Å². The van der Waals surface area contributed by atoms with Gasteiger partial charge in [-0.05, 0) is 24.1 Å². The quantitative estimate of drug-likeness (QED) is 0.782. The van der Waals surface area contributed by atoms with Gasteiger partial charge in [-0.2, -0.15) is 13.2 Å². The fourth-order valence-electron chi connectivity index (χ4n) is 1.05. The Kier molecular flexibility index (Phi) is 4.16. The maximum atomic E-state index is 12.6. The molecule has 2 nitrogen and oxygen atoms in total. The molecule has 0 aliphatic rings. The Morgan fingerprint density at radius 2 is 1.82 bits per heavy atom. The van der Waals surface area contributed by atoms with Crippen LogP contribution in [0.1, 0.15) is 12.5 Å². The fraction of sp³-hybridized carbons (Fsp3) is 0.364. The molecule has 1 aromatic rings. The highest BCUT2D eigenvalue weighted by atomic mass is 35.5. The lowest BCUT2D eigenvalue weighted by atomic mass is 10.1. The van der Waals surface area contributed by atoms with E-state index in [4.69, 9.17) is 11.6 Å². The third-order valence-electron chi connectivity index (χ3n) is 2.29. The summed E-state index contributed by atoms with van der Waals surface area (Å²) in [4.78, 5) is 10.9. The third-order valence-corrected chi connectivity index (χ3v) is 2.65. The smallest absolute Gasteiger partial charge is 0.353 e. The van der Waals surface area contributed by atoms with Crippen LogP contribution in [0.25, 0.3) is 0 Å². The number of alkyl halides is 3. The predicted octanol–water partition coefficient (Wildman–Crippen LogP) is 3.29. The summed E-state index contributed by atoms with van der Waals surface area (Å²) < 4.78 is 42.5. The van der Waals surface area contributed by atoms with E-state index in [9.17, 15) is 18.0 Å². The molecule has 1 unspecified atom stereocenters. The molecule has 94 valence electrons. The molecule has 0 saturated heterocycles. The van der Waals surface area contributed by atoms with E-state index in [1.54, 1.807) is 30.3 Å². The second kappa shape index (κ2) is 5.06. The second-order valence-corrected chi connectivity index (χ2v) is 3.92. The molecule has 1 aromatic carbocycles. The van der Waals surface area contributed by atoms with Crippen molar-refractivity contribution in [3.8, 4) is 0 Å². The van der Waals surface area contributed by atoms with Crippen LogP contribution >= 0.6 is 11.6 Å². The van der Waals surface area contributed by atoms with E-state index >= 15 is 0 Å². The second-order valence-electron chi connectivity index (χ2n) is 3.58. The normalized spacial score (nSPS) is 15.4. The molecule has 1 atom stereocenters. The minimum Gasteiger partial charge on any atom is -0.353 e. The standard InChI is InChI=1S/C11H10ClF3O2/c1-10(9(12)16,11(13,14)15)17-7-8-5-3-2-4-6-8/h2-6H,7H2,1H3. The van der Waals surface area contributed by atoms with Crippen molar-refractivity contribution in [2.75, 3.05) is 0 Å². The van der Waals surface area contributed by atoms with Gasteiger partial charge in [0.25, 0.3) is 5.24 Å². The number of ether oxygens (including phenoxy) is 1. The molecule has 0 radical (unpaired) electrons. The topological polar surface area (TPSA) is 26.3 Å². The predicted molar refractivity (Wildman–Crippen MR) is 56.6 cm³/mol.